The molecule has 20 heavy (non-hydrogen) atoms. The maximum Gasteiger partial charge on any atom is 0.261 e. The van der Waals surface area contributed by atoms with E-state index in [2.05, 4.69) is 36.6 Å². The molecule has 7 heteroatoms. The summed E-state index contributed by atoms with van der Waals surface area (Å²) in [6, 6.07) is 13.0. The lowest BCUT2D eigenvalue weighted by Crippen LogP contribution is -2.13. The number of halogens is 2. The number of sulfonamides is 1. The van der Waals surface area contributed by atoms with Crippen molar-refractivity contribution in [3.05, 3.63) is 57.0 Å². The smallest absolute Gasteiger partial charge is 0.261 e. The normalized spacial score (nSPS) is 10.8. The van der Waals surface area contributed by atoms with Crippen LogP contribution in [0.1, 0.15) is 5.56 Å². The number of rotatable bonds is 3. The second kappa shape index (κ2) is 5.95. The Morgan fingerprint density at radius 3 is 2.20 bits per heavy atom. The molecule has 0 fully saturated rings. The van der Waals surface area contributed by atoms with Crippen molar-refractivity contribution in [2.45, 2.75) is 4.90 Å². The zero-order chi connectivity index (χ0) is 14.8. The number of hydrogen-bond donors (Lipinski definition) is 1. The first-order valence-corrected chi connectivity index (χ1v) is 8.47. The summed E-state index contributed by atoms with van der Waals surface area (Å²) in [5.41, 5.74) is 0.499. The van der Waals surface area contributed by atoms with E-state index in [9.17, 15) is 8.42 Å². The van der Waals surface area contributed by atoms with Crippen LogP contribution in [0.15, 0.2) is 56.3 Å². The Morgan fingerprint density at radius 1 is 1.00 bits per heavy atom. The van der Waals surface area contributed by atoms with Crippen LogP contribution in [-0.4, -0.2) is 8.42 Å². The van der Waals surface area contributed by atoms with E-state index in [-0.39, 0.29) is 16.1 Å². The van der Waals surface area contributed by atoms with Crippen LogP contribution in [0.5, 0.6) is 0 Å². The van der Waals surface area contributed by atoms with Gasteiger partial charge in [-0.3, -0.25) is 4.72 Å². The van der Waals surface area contributed by atoms with Crippen molar-refractivity contribution in [3.63, 3.8) is 0 Å². The Hall–Kier alpha value is -1.36. The summed E-state index contributed by atoms with van der Waals surface area (Å²) in [5, 5.41) is 9.03. The minimum atomic E-state index is -3.71. The van der Waals surface area contributed by atoms with Gasteiger partial charge in [0.15, 0.2) is 0 Å². The van der Waals surface area contributed by atoms with Gasteiger partial charge in [-0.1, -0.05) is 31.9 Å². The van der Waals surface area contributed by atoms with E-state index in [0.29, 0.717) is 4.47 Å². The highest BCUT2D eigenvalue weighted by Gasteiger charge is 2.16. The maximum atomic E-state index is 12.2. The van der Waals surface area contributed by atoms with E-state index in [1.165, 1.54) is 12.1 Å². The molecular formula is C13H8Br2N2O2S. The quantitative estimate of drug-likeness (QED) is 0.826. The van der Waals surface area contributed by atoms with E-state index in [4.69, 9.17) is 5.26 Å². The van der Waals surface area contributed by atoms with Crippen LogP contribution in [-0.2, 0) is 10.0 Å². The van der Waals surface area contributed by atoms with Crippen LogP contribution in [0.3, 0.4) is 0 Å². The highest BCUT2D eigenvalue weighted by molar-refractivity contribution is 9.10. The summed E-state index contributed by atoms with van der Waals surface area (Å²) in [6.07, 6.45) is 0. The third kappa shape index (κ3) is 3.39. The first-order valence-electron chi connectivity index (χ1n) is 5.40. The molecule has 0 saturated carbocycles. The third-order valence-electron chi connectivity index (χ3n) is 2.47. The van der Waals surface area contributed by atoms with Gasteiger partial charge in [0.1, 0.15) is 6.07 Å². The number of benzene rings is 2. The molecule has 0 heterocycles. The molecule has 2 aromatic rings. The minimum absolute atomic E-state index is 0.132. The van der Waals surface area contributed by atoms with Crippen molar-refractivity contribution >= 4 is 47.6 Å². The summed E-state index contributed by atoms with van der Waals surface area (Å²) in [6.45, 7) is 0. The molecule has 0 unspecified atom stereocenters. The Bertz CT molecular complexity index is 781. The number of hydrogen-bond acceptors (Lipinski definition) is 3. The van der Waals surface area contributed by atoms with Crippen LogP contribution >= 0.6 is 31.9 Å². The summed E-state index contributed by atoms with van der Waals surface area (Å²) in [7, 11) is -3.71. The second-order valence-corrected chi connectivity index (χ2v) is 7.37. The number of anilines is 1. The molecule has 0 saturated heterocycles. The maximum absolute atomic E-state index is 12.2. The molecule has 0 aromatic heterocycles. The number of nitriles is 1. The first kappa shape index (κ1) is 15.0. The van der Waals surface area contributed by atoms with Gasteiger partial charge in [-0.05, 0) is 42.5 Å². The van der Waals surface area contributed by atoms with Crippen LogP contribution in [0.25, 0.3) is 0 Å². The van der Waals surface area contributed by atoms with Crippen molar-refractivity contribution in [1.29, 1.82) is 5.26 Å². The Labute approximate surface area is 133 Å². The van der Waals surface area contributed by atoms with Crippen LogP contribution in [0.2, 0.25) is 0 Å². The third-order valence-corrected chi connectivity index (χ3v) is 4.87. The highest BCUT2D eigenvalue weighted by atomic mass is 79.9. The molecular weight excluding hydrogens is 408 g/mol. The molecule has 0 radical (unpaired) electrons. The lowest BCUT2D eigenvalue weighted by atomic mass is 10.2. The van der Waals surface area contributed by atoms with E-state index >= 15 is 0 Å². The Morgan fingerprint density at radius 2 is 1.60 bits per heavy atom. The molecule has 0 aliphatic carbocycles. The average Bonchev–Trinajstić information content (AvgIpc) is 2.41. The van der Waals surface area contributed by atoms with Gasteiger partial charge in [0.25, 0.3) is 10.0 Å². The topological polar surface area (TPSA) is 70.0 Å². The van der Waals surface area contributed by atoms with Gasteiger partial charge in [-0.25, -0.2) is 8.42 Å². The monoisotopic (exact) mass is 414 g/mol. The largest absolute Gasteiger partial charge is 0.278 e. The standard InChI is InChI=1S/C13H8Br2N2O2S/c14-10-1-4-12(5-2-10)20(18,19)17-13-6-3-11(15)7-9(13)8-16/h1-7,17H. The minimum Gasteiger partial charge on any atom is -0.278 e. The summed E-state index contributed by atoms with van der Waals surface area (Å²) >= 11 is 6.48. The van der Waals surface area contributed by atoms with Gasteiger partial charge in [0.05, 0.1) is 16.1 Å². The van der Waals surface area contributed by atoms with E-state index in [0.717, 1.165) is 4.47 Å². The molecule has 2 rings (SSSR count). The summed E-state index contributed by atoms with van der Waals surface area (Å²) in [4.78, 5) is 0.132. The van der Waals surface area contributed by atoms with Gasteiger partial charge in [0, 0.05) is 8.95 Å². The molecule has 2 aromatic carbocycles. The van der Waals surface area contributed by atoms with Gasteiger partial charge in [0.2, 0.25) is 0 Å². The SMILES string of the molecule is N#Cc1cc(Br)ccc1NS(=O)(=O)c1ccc(Br)cc1. The predicted octanol–water partition coefficient (Wildman–Crippen LogP) is 3.88. The lowest BCUT2D eigenvalue weighted by Gasteiger charge is -2.09. The summed E-state index contributed by atoms with van der Waals surface area (Å²) in [5.74, 6) is 0. The molecule has 0 spiro atoms. The van der Waals surface area contributed by atoms with Gasteiger partial charge >= 0.3 is 0 Å². The van der Waals surface area contributed by atoms with E-state index in [1.807, 2.05) is 6.07 Å². The zero-order valence-electron chi connectivity index (χ0n) is 9.97. The molecule has 102 valence electrons. The van der Waals surface area contributed by atoms with E-state index < -0.39 is 10.0 Å². The predicted molar refractivity (Wildman–Crippen MR) is 83.8 cm³/mol. The molecule has 0 aliphatic rings. The summed E-state index contributed by atoms with van der Waals surface area (Å²) < 4.78 is 28.3. The molecule has 0 atom stereocenters. The highest BCUT2D eigenvalue weighted by Crippen LogP contribution is 2.23. The van der Waals surface area contributed by atoms with Gasteiger partial charge < -0.3 is 0 Å². The fourth-order valence-electron chi connectivity index (χ4n) is 1.52. The first-order chi connectivity index (χ1) is 9.42. The molecule has 1 N–H and O–H groups in total. The van der Waals surface area contributed by atoms with Crippen molar-refractivity contribution in [2.24, 2.45) is 0 Å². The van der Waals surface area contributed by atoms with Crippen molar-refractivity contribution in [2.75, 3.05) is 4.72 Å². The van der Waals surface area contributed by atoms with Gasteiger partial charge in [-0.2, -0.15) is 5.26 Å². The number of nitrogens with zero attached hydrogens (tertiary/aromatic N) is 1. The van der Waals surface area contributed by atoms with Crippen molar-refractivity contribution in [1.82, 2.24) is 0 Å². The fourth-order valence-corrected chi connectivity index (χ4v) is 3.22. The van der Waals surface area contributed by atoms with Crippen molar-refractivity contribution < 1.29 is 8.42 Å². The van der Waals surface area contributed by atoms with Gasteiger partial charge in [-0.15, -0.1) is 0 Å². The molecule has 0 aliphatic heterocycles. The van der Waals surface area contributed by atoms with Crippen LogP contribution in [0, 0.1) is 11.3 Å². The van der Waals surface area contributed by atoms with Crippen molar-refractivity contribution in [3.8, 4) is 6.07 Å². The Kier molecular flexibility index (Phi) is 4.48. The number of nitrogens with one attached hydrogen (secondary N) is 1. The Balaban J connectivity index is 2.39. The van der Waals surface area contributed by atoms with Crippen LogP contribution < -0.4 is 4.72 Å². The zero-order valence-corrected chi connectivity index (χ0v) is 14.0. The second-order valence-electron chi connectivity index (χ2n) is 3.86. The lowest BCUT2D eigenvalue weighted by molar-refractivity contribution is 0.601. The fraction of sp³-hybridized carbons (Fsp3) is 0. The molecule has 0 bridgehead atoms. The van der Waals surface area contributed by atoms with Crippen LogP contribution in [0.4, 0.5) is 5.69 Å². The molecule has 0 amide bonds. The molecule has 4 nitrogen and oxygen atoms in total. The van der Waals surface area contributed by atoms with E-state index in [1.54, 1.807) is 30.3 Å². The average molecular weight is 416 g/mol.